The second kappa shape index (κ2) is 8.75. The summed E-state index contributed by atoms with van der Waals surface area (Å²) in [7, 11) is 0. The van der Waals surface area contributed by atoms with E-state index >= 15 is 0 Å². The van der Waals surface area contributed by atoms with Gasteiger partial charge in [0.2, 0.25) is 0 Å². The van der Waals surface area contributed by atoms with E-state index in [1.807, 2.05) is 5.38 Å². The van der Waals surface area contributed by atoms with Crippen molar-refractivity contribution in [3.8, 4) is 10.6 Å². The summed E-state index contributed by atoms with van der Waals surface area (Å²) in [4.78, 5) is 18.5. The van der Waals surface area contributed by atoms with Crippen LogP contribution < -0.4 is 5.32 Å². The van der Waals surface area contributed by atoms with Crippen molar-refractivity contribution in [1.82, 2.24) is 10.3 Å². The Morgan fingerprint density at radius 3 is 2.44 bits per heavy atom. The van der Waals surface area contributed by atoms with Gasteiger partial charge in [-0.1, -0.05) is 23.8 Å². The van der Waals surface area contributed by atoms with E-state index in [0.717, 1.165) is 10.4 Å². The number of carbonyl (C=O) groups excluding carboxylic acids is 1. The fourth-order valence-electron chi connectivity index (χ4n) is 3.48. The van der Waals surface area contributed by atoms with Crippen molar-refractivity contribution in [3.05, 3.63) is 88.0 Å². The summed E-state index contributed by atoms with van der Waals surface area (Å²) in [6.07, 6.45) is -9.20. The van der Waals surface area contributed by atoms with Gasteiger partial charge < -0.3 is 5.32 Å². The first-order valence-corrected chi connectivity index (χ1v) is 10.8. The first kappa shape index (κ1) is 23.7. The molecule has 1 amide bonds. The zero-order chi connectivity index (χ0) is 24.7. The molecule has 0 bridgehead atoms. The van der Waals surface area contributed by atoms with Crippen LogP contribution >= 0.6 is 11.3 Å². The van der Waals surface area contributed by atoms with Gasteiger partial charge in [0, 0.05) is 16.7 Å². The standard InChI is InChI=1S/C24H16F6N2OS/c1-13-4-7-19-17(9-13)18(12-20(32-19)21-3-2-8-34-21)22(33)31-16-10-14(23(25,26)27)5-6-15(11-16)24(28,29)30/h2-5,7-12H,6H2,1H3,(H,31,33). The molecule has 34 heavy (non-hydrogen) atoms. The number of hydrogen-bond acceptors (Lipinski definition) is 3. The third-order valence-electron chi connectivity index (χ3n) is 5.11. The topological polar surface area (TPSA) is 42.0 Å². The van der Waals surface area contributed by atoms with Crippen LogP contribution in [0.1, 0.15) is 22.3 Å². The molecule has 1 aliphatic rings. The molecule has 0 unspecified atom stereocenters. The van der Waals surface area contributed by atoms with Gasteiger partial charge in [-0.3, -0.25) is 4.79 Å². The number of carbonyl (C=O) groups is 1. The van der Waals surface area contributed by atoms with Gasteiger partial charge in [-0.25, -0.2) is 4.98 Å². The normalized spacial score (nSPS) is 14.9. The number of nitrogens with one attached hydrogen (secondary N) is 1. The molecule has 3 nitrogen and oxygen atoms in total. The van der Waals surface area contributed by atoms with E-state index in [4.69, 9.17) is 0 Å². The highest BCUT2D eigenvalue weighted by atomic mass is 32.1. The number of fused-ring (bicyclic) bond motifs is 1. The van der Waals surface area contributed by atoms with Crippen LogP contribution in [-0.4, -0.2) is 23.2 Å². The fraction of sp³-hybridized carbons (Fsp3) is 0.167. The molecule has 4 rings (SSSR count). The molecule has 0 fully saturated rings. The van der Waals surface area contributed by atoms with Gasteiger partial charge >= 0.3 is 12.4 Å². The number of halogens is 6. The number of aromatic nitrogens is 1. The van der Waals surface area contributed by atoms with Gasteiger partial charge in [-0.05, 0) is 55.1 Å². The van der Waals surface area contributed by atoms with Crippen LogP contribution in [-0.2, 0) is 0 Å². The molecule has 0 saturated heterocycles. The summed E-state index contributed by atoms with van der Waals surface area (Å²) in [6, 6.07) is 10.3. The lowest BCUT2D eigenvalue weighted by Gasteiger charge is -2.13. The summed E-state index contributed by atoms with van der Waals surface area (Å²) < 4.78 is 79.9. The van der Waals surface area contributed by atoms with Crippen LogP contribution in [0.2, 0.25) is 0 Å². The molecule has 1 aromatic carbocycles. The third-order valence-corrected chi connectivity index (χ3v) is 6.01. The predicted molar refractivity (Wildman–Crippen MR) is 118 cm³/mol. The Balaban J connectivity index is 1.80. The molecule has 0 atom stereocenters. The van der Waals surface area contributed by atoms with Gasteiger partial charge in [-0.15, -0.1) is 11.3 Å². The first-order valence-electron chi connectivity index (χ1n) is 9.95. The number of hydrogen-bond donors (Lipinski definition) is 1. The maximum absolute atomic E-state index is 13.3. The quantitative estimate of drug-likeness (QED) is 0.389. The van der Waals surface area contributed by atoms with Crippen molar-refractivity contribution >= 4 is 28.1 Å². The summed E-state index contributed by atoms with van der Waals surface area (Å²) in [5.41, 5.74) is -1.24. The molecule has 176 valence electrons. The number of rotatable bonds is 3. The summed E-state index contributed by atoms with van der Waals surface area (Å²) in [5.74, 6) is -0.844. The number of amides is 1. The first-order chi connectivity index (χ1) is 15.9. The molecule has 1 N–H and O–H groups in total. The van der Waals surface area contributed by atoms with Gasteiger partial charge in [0.05, 0.1) is 27.2 Å². The highest BCUT2D eigenvalue weighted by Gasteiger charge is 2.37. The number of alkyl halides is 6. The number of benzene rings is 1. The molecule has 0 spiro atoms. The number of pyridine rings is 1. The summed E-state index contributed by atoms with van der Waals surface area (Å²) >= 11 is 1.38. The number of aryl methyl sites for hydroxylation is 1. The zero-order valence-corrected chi connectivity index (χ0v) is 18.3. The molecule has 1 aliphatic carbocycles. The monoisotopic (exact) mass is 494 g/mol. The molecule has 0 saturated carbocycles. The average molecular weight is 494 g/mol. The molecule has 2 heterocycles. The minimum absolute atomic E-state index is 0.0849. The van der Waals surface area contributed by atoms with Crippen LogP contribution in [0.3, 0.4) is 0 Å². The van der Waals surface area contributed by atoms with Gasteiger partial charge in [0.15, 0.2) is 0 Å². The smallest absolute Gasteiger partial charge is 0.322 e. The molecule has 3 aromatic rings. The van der Waals surface area contributed by atoms with Crippen molar-refractivity contribution in [2.75, 3.05) is 0 Å². The van der Waals surface area contributed by atoms with E-state index in [0.29, 0.717) is 34.8 Å². The zero-order valence-electron chi connectivity index (χ0n) is 17.5. The Morgan fingerprint density at radius 1 is 1.03 bits per heavy atom. The highest BCUT2D eigenvalue weighted by molar-refractivity contribution is 7.13. The van der Waals surface area contributed by atoms with Crippen LogP contribution in [0.4, 0.5) is 26.3 Å². The highest BCUT2D eigenvalue weighted by Crippen LogP contribution is 2.36. The van der Waals surface area contributed by atoms with Crippen molar-refractivity contribution in [2.24, 2.45) is 0 Å². The Kier molecular flexibility index (Phi) is 6.11. The molecule has 10 heteroatoms. The van der Waals surface area contributed by atoms with E-state index in [1.54, 1.807) is 37.3 Å². The Labute approximate surface area is 194 Å². The lowest BCUT2D eigenvalue weighted by Crippen LogP contribution is -2.24. The maximum atomic E-state index is 13.3. The average Bonchev–Trinajstić information content (AvgIpc) is 3.18. The SMILES string of the molecule is Cc1ccc2nc(-c3cccs3)cc(C(=O)NC3=CC(C(F)(F)F)=CCC(C(F)(F)F)=C3)c2c1. The molecule has 0 radical (unpaired) electrons. The second-order valence-corrected chi connectivity index (χ2v) is 8.58. The Morgan fingerprint density at radius 2 is 1.79 bits per heavy atom. The predicted octanol–water partition coefficient (Wildman–Crippen LogP) is 7.27. The number of allylic oxidation sites excluding steroid dienone is 5. The van der Waals surface area contributed by atoms with Crippen molar-refractivity contribution in [3.63, 3.8) is 0 Å². The minimum Gasteiger partial charge on any atom is -0.322 e. The molecule has 2 aromatic heterocycles. The van der Waals surface area contributed by atoms with E-state index in [1.165, 1.54) is 17.4 Å². The van der Waals surface area contributed by atoms with E-state index in [2.05, 4.69) is 10.3 Å². The van der Waals surface area contributed by atoms with Gasteiger partial charge in [-0.2, -0.15) is 26.3 Å². The van der Waals surface area contributed by atoms with E-state index in [9.17, 15) is 31.1 Å². The molecular weight excluding hydrogens is 478 g/mol. The van der Waals surface area contributed by atoms with Gasteiger partial charge in [0.1, 0.15) is 0 Å². The van der Waals surface area contributed by atoms with Crippen LogP contribution in [0.25, 0.3) is 21.5 Å². The van der Waals surface area contributed by atoms with Crippen LogP contribution in [0, 0.1) is 6.92 Å². The summed E-state index contributed by atoms with van der Waals surface area (Å²) in [5, 5.41) is 4.49. The van der Waals surface area contributed by atoms with Crippen molar-refractivity contribution in [1.29, 1.82) is 0 Å². The lowest BCUT2D eigenvalue weighted by molar-refractivity contribution is -0.0945. The maximum Gasteiger partial charge on any atom is 0.416 e. The number of thiophene rings is 1. The van der Waals surface area contributed by atoms with Crippen molar-refractivity contribution < 1.29 is 31.1 Å². The Bertz CT molecular complexity index is 1350. The summed E-state index contributed by atoms with van der Waals surface area (Å²) in [6.45, 7) is 1.79. The minimum atomic E-state index is -4.88. The van der Waals surface area contributed by atoms with E-state index in [-0.39, 0.29) is 5.56 Å². The largest absolute Gasteiger partial charge is 0.416 e. The van der Waals surface area contributed by atoms with Crippen molar-refractivity contribution in [2.45, 2.75) is 25.7 Å². The Hall–Kier alpha value is -3.40. The third kappa shape index (κ3) is 5.06. The molecule has 0 aliphatic heterocycles. The number of nitrogens with zero attached hydrogens (tertiary/aromatic N) is 1. The van der Waals surface area contributed by atoms with Crippen LogP contribution in [0.5, 0.6) is 0 Å². The van der Waals surface area contributed by atoms with Gasteiger partial charge in [0.25, 0.3) is 5.91 Å². The second-order valence-electron chi connectivity index (χ2n) is 7.64. The lowest BCUT2D eigenvalue weighted by atomic mass is 10.0. The molecular formula is C24H16F6N2OS. The van der Waals surface area contributed by atoms with E-state index < -0.39 is 41.5 Å². The fourth-order valence-corrected chi connectivity index (χ4v) is 4.16. The van der Waals surface area contributed by atoms with Crippen LogP contribution in [0.15, 0.2) is 76.8 Å².